The second kappa shape index (κ2) is 5.97. The number of halogens is 1. The van der Waals surface area contributed by atoms with E-state index in [1.54, 1.807) is 0 Å². The molecule has 3 N–H and O–H groups in total. The third-order valence-corrected chi connectivity index (χ3v) is 2.85. The Morgan fingerprint density at radius 1 is 1.47 bits per heavy atom. The first-order valence-corrected chi connectivity index (χ1v) is 6.19. The smallest absolute Gasteiger partial charge is 0.274 e. The van der Waals surface area contributed by atoms with Crippen molar-refractivity contribution in [3.63, 3.8) is 0 Å². The van der Waals surface area contributed by atoms with Gasteiger partial charge in [0, 0.05) is 23.8 Å². The van der Waals surface area contributed by atoms with Crippen molar-refractivity contribution >= 4 is 11.4 Å². The molecular formula is C13H20FN3O2. The average Bonchev–Trinajstić information content (AvgIpc) is 2.26. The van der Waals surface area contributed by atoms with Crippen LogP contribution in [0.4, 0.5) is 15.8 Å². The molecule has 0 aromatic heterocycles. The van der Waals surface area contributed by atoms with E-state index in [4.69, 9.17) is 5.73 Å². The van der Waals surface area contributed by atoms with Crippen LogP contribution in [0.15, 0.2) is 18.2 Å². The molecule has 1 aromatic carbocycles. The molecule has 0 aliphatic heterocycles. The van der Waals surface area contributed by atoms with Crippen molar-refractivity contribution in [1.29, 1.82) is 0 Å². The fraction of sp³-hybridized carbons (Fsp3) is 0.538. The molecule has 0 saturated heterocycles. The minimum atomic E-state index is -0.638. The van der Waals surface area contributed by atoms with Crippen LogP contribution >= 0.6 is 0 Å². The molecule has 5 nitrogen and oxygen atoms in total. The number of hydrogen-bond acceptors (Lipinski definition) is 4. The summed E-state index contributed by atoms with van der Waals surface area (Å²) in [5.41, 5.74) is 5.43. The highest BCUT2D eigenvalue weighted by Crippen LogP contribution is 2.25. The van der Waals surface area contributed by atoms with Gasteiger partial charge in [0.2, 0.25) is 0 Å². The summed E-state index contributed by atoms with van der Waals surface area (Å²) in [5, 5.41) is 13.8. The van der Waals surface area contributed by atoms with Gasteiger partial charge in [0.25, 0.3) is 5.69 Å². The highest BCUT2D eigenvalue weighted by atomic mass is 19.1. The van der Waals surface area contributed by atoms with Crippen LogP contribution in [0.3, 0.4) is 0 Å². The zero-order valence-corrected chi connectivity index (χ0v) is 11.4. The Hall–Kier alpha value is -1.69. The van der Waals surface area contributed by atoms with E-state index in [1.807, 2.05) is 6.92 Å². The molecule has 0 radical (unpaired) electrons. The van der Waals surface area contributed by atoms with Gasteiger partial charge in [-0.1, -0.05) is 13.8 Å². The van der Waals surface area contributed by atoms with Gasteiger partial charge >= 0.3 is 0 Å². The van der Waals surface area contributed by atoms with Crippen LogP contribution in [0.25, 0.3) is 0 Å². The van der Waals surface area contributed by atoms with E-state index >= 15 is 0 Å². The lowest BCUT2D eigenvalue weighted by Crippen LogP contribution is -2.43. The normalized spacial score (nSPS) is 14.2. The van der Waals surface area contributed by atoms with Crippen molar-refractivity contribution in [2.75, 3.05) is 11.9 Å². The van der Waals surface area contributed by atoms with Gasteiger partial charge in [0.05, 0.1) is 11.0 Å². The summed E-state index contributed by atoms with van der Waals surface area (Å²) in [7, 11) is 0. The van der Waals surface area contributed by atoms with Gasteiger partial charge in [-0.05, 0) is 25.3 Å². The third kappa shape index (κ3) is 4.48. The summed E-state index contributed by atoms with van der Waals surface area (Å²) in [5.74, 6) is -0.231. The van der Waals surface area contributed by atoms with Crippen molar-refractivity contribution in [2.45, 2.75) is 32.7 Å². The minimum Gasteiger partial charge on any atom is -0.378 e. The second-order valence-corrected chi connectivity index (χ2v) is 5.44. The Labute approximate surface area is 112 Å². The van der Waals surface area contributed by atoms with Gasteiger partial charge in [-0.3, -0.25) is 10.1 Å². The highest BCUT2D eigenvalue weighted by Gasteiger charge is 2.24. The maximum atomic E-state index is 13.4. The van der Waals surface area contributed by atoms with E-state index in [1.165, 1.54) is 12.1 Å². The fourth-order valence-corrected chi connectivity index (χ4v) is 2.19. The summed E-state index contributed by atoms with van der Waals surface area (Å²) in [6.45, 7) is 6.40. The number of nitro benzene ring substituents is 1. The van der Waals surface area contributed by atoms with Gasteiger partial charge < -0.3 is 11.1 Å². The SMILES string of the molecule is CC(C)CC(C)(CN)Nc1cc(F)cc([N+](=O)[O-])c1. The lowest BCUT2D eigenvalue weighted by Gasteiger charge is -2.32. The molecule has 1 aromatic rings. The number of nitrogens with zero attached hydrogens (tertiary/aromatic N) is 1. The van der Waals surface area contributed by atoms with Crippen LogP contribution in [0, 0.1) is 21.8 Å². The number of rotatable bonds is 6. The number of benzene rings is 1. The zero-order valence-electron chi connectivity index (χ0n) is 11.4. The lowest BCUT2D eigenvalue weighted by atomic mass is 9.90. The topological polar surface area (TPSA) is 81.2 Å². The van der Waals surface area contributed by atoms with Crippen molar-refractivity contribution in [1.82, 2.24) is 0 Å². The summed E-state index contributed by atoms with van der Waals surface area (Å²) in [6.07, 6.45) is 0.786. The standard InChI is InChI=1S/C13H20FN3O2/c1-9(2)7-13(3,8-15)16-11-4-10(14)5-12(6-11)17(18)19/h4-6,9,16H,7-8,15H2,1-3H3. The van der Waals surface area contributed by atoms with E-state index in [2.05, 4.69) is 19.2 Å². The van der Waals surface area contributed by atoms with Crippen molar-refractivity contribution in [3.8, 4) is 0 Å². The predicted molar refractivity (Wildman–Crippen MR) is 73.6 cm³/mol. The van der Waals surface area contributed by atoms with Gasteiger partial charge in [-0.25, -0.2) is 4.39 Å². The van der Waals surface area contributed by atoms with Gasteiger partial charge in [-0.15, -0.1) is 0 Å². The quantitative estimate of drug-likeness (QED) is 0.614. The van der Waals surface area contributed by atoms with E-state index < -0.39 is 16.3 Å². The summed E-state index contributed by atoms with van der Waals surface area (Å²) < 4.78 is 13.4. The molecule has 0 fully saturated rings. The van der Waals surface area contributed by atoms with Crippen LogP contribution < -0.4 is 11.1 Å². The monoisotopic (exact) mass is 269 g/mol. The van der Waals surface area contributed by atoms with Crippen molar-refractivity contribution in [2.24, 2.45) is 11.7 Å². The molecule has 106 valence electrons. The van der Waals surface area contributed by atoms with E-state index in [-0.39, 0.29) is 5.69 Å². The second-order valence-electron chi connectivity index (χ2n) is 5.44. The Kier molecular flexibility index (Phi) is 4.83. The molecule has 0 bridgehead atoms. The molecule has 0 heterocycles. The Bertz CT molecular complexity index is 465. The van der Waals surface area contributed by atoms with Gasteiger partial charge in [-0.2, -0.15) is 0 Å². The molecule has 19 heavy (non-hydrogen) atoms. The average molecular weight is 269 g/mol. The van der Waals surface area contributed by atoms with Crippen molar-refractivity contribution in [3.05, 3.63) is 34.1 Å². The summed E-state index contributed by atoms with van der Waals surface area (Å²) >= 11 is 0. The van der Waals surface area contributed by atoms with E-state index in [0.29, 0.717) is 18.2 Å². The molecule has 1 atom stereocenters. The number of nitrogens with one attached hydrogen (secondary N) is 1. The molecule has 6 heteroatoms. The lowest BCUT2D eigenvalue weighted by molar-refractivity contribution is -0.385. The predicted octanol–water partition coefficient (Wildman–Crippen LogP) is 2.91. The summed E-state index contributed by atoms with van der Waals surface area (Å²) in [4.78, 5) is 10.1. The molecule has 0 spiro atoms. The highest BCUT2D eigenvalue weighted by molar-refractivity contribution is 5.53. The number of non-ortho nitro benzene ring substituents is 1. The van der Waals surface area contributed by atoms with E-state index in [9.17, 15) is 14.5 Å². The molecule has 0 aliphatic carbocycles. The molecular weight excluding hydrogens is 249 g/mol. The molecule has 0 amide bonds. The fourth-order valence-electron chi connectivity index (χ4n) is 2.19. The molecule has 1 rings (SSSR count). The Morgan fingerprint density at radius 3 is 2.58 bits per heavy atom. The van der Waals surface area contributed by atoms with Crippen LogP contribution in [0.2, 0.25) is 0 Å². The molecule has 0 aliphatic rings. The van der Waals surface area contributed by atoms with Crippen LogP contribution in [0.5, 0.6) is 0 Å². The Balaban J connectivity index is 3.00. The van der Waals surface area contributed by atoms with Crippen LogP contribution in [-0.4, -0.2) is 17.0 Å². The van der Waals surface area contributed by atoms with Gasteiger partial charge in [0.15, 0.2) is 0 Å². The van der Waals surface area contributed by atoms with Gasteiger partial charge in [0.1, 0.15) is 5.82 Å². The maximum absolute atomic E-state index is 13.4. The number of hydrogen-bond donors (Lipinski definition) is 2. The van der Waals surface area contributed by atoms with Crippen molar-refractivity contribution < 1.29 is 9.31 Å². The van der Waals surface area contributed by atoms with E-state index in [0.717, 1.165) is 12.5 Å². The number of nitro groups is 1. The first-order valence-electron chi connectivity index (χ1n) is 6.19. The largest absolute Gasteiger partial charge is 0.378 e. The number of nitrogens with two attached hydrogens (primary N) is 1. The van der Waals surface area contributed by atoms with Crippen LogP contribution in [0.1, 0.15) is 27.2 Å². The maximum Gasteiger partial charge on any atom is 0.274 e. The first-order chi connectivity index (χ1) is 8.75. The Morgan fingerprint density at radius 2 is 2.11 bits per heavy atom. The first kappa shape index (κ1) is 15.4. The molecule has 1 unspecified atom stereocenters. The zero-order chi connectivity index (χ0) is 14.6. The summed E-state index contributed by atoms with van der Waals surface area (Å²) in [6, 6.07) is 3.45. The van der Waals surface area contributed by atoms with Crippen LogP contribution in [-0.2, 0) is 0 Å². The third-order valence-electron chi connectivity index (χ3n) is 2.85. The molecule has 0 saturated carbocycles. The number of anilines is 1. The minimum absolute atomic E-state index is 0.272.